The van der Waals surface area contributed by atoms with Crippen LogP contribution >= 0.6 is 11.6 Å². The summed E-state index contributed by atoms with van der Waals surface area (Å²) in [5.41, 5.74) is 2.51. The molecule has 27 heavy (non-hydrogen) atoms. The third-order valence-electron chi connectivity index (χ3n) is 4.96. The van der Waals surface area contributed by atoms with Gasteiger partial charge >= 0.3 is 0 Å². The number of hydrogen-bond donors (Lipinski definition) is 1. The summed E-state index contributed by atoms with van der Waals surface area (Å²) in [5, 5.41) is 4.20. The summed E-state index contributed by atoms with van der Waals surface area (Å²) in [5.74, 6) is 1.04. The molecular formula is C20H21ClN4O2. The second kappa shape index (κ2) is 7.19. The van der Waals surface area contributed by atoms with E-state index in [1.807, 2.05) is 19.1 Å². The predicted octanol–water partition coefficient (Wildman–Crippen LogP) is 4.74. The molecular weight excluding hydrogens is 364 g/mol. The van der Waals surface area contributed by atoms with Crippen molar-refractivity contribution < 1.29 is 9.21 Å². The monoisotopic (exact) mass is 384 g/mol. The Morgan fingerprint density at radius 1 is 1.19 bits per heavy atom. The van der Waals surface area contributed by atoms with Crippen molar-refractivity contribution in [3.63, 3.8) is 0 Å². The SMILES string of the molecule is Cc1ccc(NC(=O)c2c(C)oc3ncnc(N4CCCCC4)c23)cc1Cl. The second-order valence-electron chi connectivity index (χ2n) is 6.88. The van der Waals surface area contributed by atoms with Crippen molar-refractivity contribution in [1.82, 2.24) is 9.97 Å². The fourth-order valence-corrected chi connectivity index (χ4v) is 3.69. The third kappa shape index (κ3) is 3.37. The van der Waals surface area contributed by atoms with Gasteiger partial charge in [-0.2, -0.15) is 0 Å². The molecule has 0 unspecified atom stereocenters. The Bertz CT molecular complexity index is 1010. The van der Waals surface area contributed by atoms with Crippen molar-refractivity contribution in [2.75, 3.05) is 23.3 Å². The van der Waals surface area contributed by atoms with Crippen LogP contribution in [0.1, 0.15) is 40.9 Å². The molecule has 1 N–H and O–H groups in total. The Balaban J connectivity index is 1.74. The van der Waals surface area contributed by atoms with Crippen LogP contribution in [0.3, 0.4) is 0 Å². The first kappa shape index (κ1) is 17.8. The van der Waals surface area contributed by atoms with Crippen LogP contribution in [0, 0.1) is 13.8 Å². The maximum Gasteiger partial charge on any atom is 0.260 e. The maximum absolute atomic E-state index is 13.1. The number of fused-ring (bicyclic) bond motifs is 1. The normalized spacial score (nSPS) is 14.6. The largest absolute Gasteiger partial charge is 0.442 e. The first-order valence-corrected chi connectivity index (χ1v) is 9.49. The molecule has 3 aromatic rings. The van der Waals surface area contributed by atoms with E-state index < -0.39 is 0 Å². The molecule has 0 atom stereocenters. The van der Waals surface area contributed by atoms with Gasteiger partial charge in [0.05, 0.1) is 10.9 Å². The minimum absolute atomic E-state index is 0.251. The standard InChI is InChI=1S/C20H21ClN4O2/c1-12-6-7-14(10-15(12)21)24-19(26)16-13(2)27-20-17(16)18(22-11-23-20)25-8-4-3-5-9-25/h6-7,10-11H,3-5,8-9H2,1-2H3,(H,24,26). The minimum Gasteiger partial charge on any atom is -0.442 e. The van der Waals surface area contributed by atoms with E-state index in [9.17, 15) is 4.79 Å². The number of piperidine rings is 1. The summed E-state index contributed by atoms with van der Waals surface area (Å²) in [7, 11) is 0. The number of carbonyl (C=O) groups excluding carboxylic acids is 1. The molecule has 2 aromatic heterocycles. The Labute approximate surface area is 162 Å². The third-order valence-corrected chi connectivity index (χ3v) is 5.36. The lowest BCUT2D eigenvalue weighted by molar-refractivity contribution is 0.102. The average molecular weight is 385 g/mol. The van der Waals surface area contributed by atoms with E-state index in [4.69, 9.17) is 16.0 Å². The molecule has 1 saturated heterocycles. The number of furan rings is 1. The molecule has 0 spiro atoms. The fraction of sp³-hybridized carbons (Fsp3) is 0.350. The van der Waals surface area contributed by atoms with Crippen molar-refractivity contribution in [1.29, 1.82) is 0 Å². The van der Waals surface area contributed by atoms with Gasteiger partial charge in [0.1, 0.15) is 17.9 Å². The molecule has 0 aliphatic carbocycles. The number of benzene rings is 1. The van der Waals surface area contributed by atoms with Crippen LogP contribution < -0.4 is 10.2 Å². The van der Waals surface area contributed by atoms with Gasteiger partial charge < -0.3 is 14.6 Å². The zero-order valence-electron chi connectivity index (χ0n) is 15.4. The number of carbonyl (C=O) groups is 1. The summed E-state index contributed by atoms with van der Waals surface area (Å²) < 4.78 is 5.77. The van der Waals surface area contributed by atoms with Crippen LogP contribution in [-0.2, 0) is 0 Å². The smallest absolute Gasteiger partial charge is 0.260 e. The molecule has 4 rings (SSSR count). The van der Waals surface area contributed by atoms with Crippen LogP contribution in [0.25, 0.3) is 11.1 Å². The van der Waals surface area contributed by atoms with Crippen LogP contribution in [-0.4, -0.2) is 29.0 Å². The van der Waals surface area contributed by atoms with E-state index in [1.54, 1.807) is 13.0 Å². The van der Waals surface area contributed by atoms with E-state index in [0.717, 1.165) is 37.3 Å². The number of hydrogen-bond acceptors (Lipinski definition) is 5. The molecule has 1 amide bonds. The molecule has 7 heteroatoms. The summed E-state index contributed by atoms with van der Waals surface area (Å²) in [6.07, 6.45) is 4.95. The maximum atomic E-state index is 13.1. The van der Waals surface area contributed by atoms with E-state index in [0.29, 0.717) is 33.1 Å². The topological polar surface area (TPSA) is 71.3 Å². The number of anilines is 2. The first-order chi connectivity index (χ1) is 13.0. The van der Waals surface area contributed by atoms with Crippen LogP contribution in [0.2, 0.25) is 5.02 Å². The van der Waals surface area contributed by atoms with Gasteiger partial charge in [0, 0.05) is 23.8 Å². The lowest BCUT2D eigenvalue weighted by Gasteiger charge is -2.28. The number of aryl methyl sites for hydroxylation is 2. The predicted molar refractivity (Wildman–Crippen MR) is 107 cm³/mol. The molecule has 0 saturated carbocycles. The van der Waals surface area contributed by atoms with Crippen molar-refractivity contribution in [2.45, 2.75) is 33.1 Å². The van der Waals surface area contributed by atoms with Crippen molar-refractivity contribution in [3.8, 4) is 0 Å². The highest BCUT2D eigenvalue weighted by molar-refractivity contribution is 6.31. The average Bonchev–Trinajstić information content (AvgIpc) is 3.01. The first-order valence-electron chi connectivity index (χ1n) is 9.11. The van der Waals surface area contributed by atoms with Gasteiger partial charge in [0.25, 0.3) is 5.91 Å². The van der Waals surface area contributed by atoms with Gasteiger partial charge in [-0.1, -0.05) is 17.7 Å². The van der Waals surface area contributed by atoms with Gasteiger partial charge in [0.15, 0.2) is 0 Å². The molecule has 1 aromatic carbocycles. The summed E-state index contributed by atoms with van der Waals surface area (Å²) >= 11 is 6.18. The molecule has 3 heterocycles. The van der Waals surface area contributed by atoms with Crippen molar-refractivity contribution in [3.05, 3.63) is 46.4 Å². The lowest BCUT2D eigenvalue weighted by atomic mass is 10.1. The van der Waals surface area contributed by atoms with Gasteiger partial charge in [-0.15, -0.1) is 0 Å². The number of halogens is 1. The molecule has 1 aliphatic rings. The van der Waals surface area contributed by atoms with E-state index in [-0.39, 0.29) is 5.91 Å². The van der Waals surface area contributed by atoms with Crippen LogP contribution in [0.15, 0.2) is 28.9 Å². The Morgan fingerprint density at radius 2 is 1.96 bits per heavy atom. The minimum atomic E-state index is -0.251. The molecule has 1 aliphatic heterocycles. The number of aromatic nitrogens is 2. The zero-order valence-corrected chi connectivity index (χ0v) is 16.1. The molecule has 140 valence electrons. The number of amides is 1. The van der Waals surface area contributed by atoms with E-state index >= 15 is 0 Å². The Kier molecular flexibility index (Phi) is 4.74. The quantitative estimate of drug-likeness (QED) is 0.706. The lowest BCUT2D eigenvalue weighted by Crippen LogP contribution is -2.30. The number of nitrogens with one attached hydrogen (secondary N) is 1. The molecule has 0 bridgehead atoms. The molecule has 1 fully saturated rings. The molecule has 0 radical (unpaired) electrons. The Morgan fingerprint density at radius 3 is 2.70 bits per heavy atom. The Hall–Kier alpha value is -2.60. The number of nitrogens with zero attached hydrogens (tertiary/aromatic N) is 3. The van der Waals surface area contributed by atoms with Gasteiger partial charge in [-0.05, 0) is 50.8 Å². The van der Waals surface area contributed by atoms with Crippen molar-refractivity contribution >= 4 is 40.1 Å². The summed E-state index contributed by atoms with van der Waals surface area (Å²) in [4.78, 5) is 24.0. The number of rotatable bonds is 3. The summed E-state index contributed by atoms with van der Waals surface area (Å²) in [6, 6.07) is 5.45. The highest BCUT2D eigenvalue weighted by Crippen LogP contribution is 2.33. The van der Waals surface area contributed by atoms with Crippen LogP contribution in [0.4, 0.5) is 11.5 Å². The van der Waals surface area contributed by atoms with Gasteiger partial charge in [-0.25, -0.2) is 9.97 Å². The summed E-state index contributed by atoms with van der Waals surface area (Å²) in [6.45, 7) is 5.54. The highest BCUT2D eigenvalue weighted by Gasteiger charge is 2.26. The van der Waals surface area contributed by atoms with E-state index in [2.05, 4.69) is 20.2 Å². The highest BCUT2D eigenvalue weighted by atomic mass is 35.5. The molecule has 6 nitrogen and oxygen atoms in total. The van der Waals surface area contributed by atoms with E-state index in [1.165, 1.54) is 12.7 Å². The van der Waals surface area contributed by atoms with Crippen molar-refractivity contribution in [2.24, 2.45) is 0 Å². The second-order valence-corrected chi connectivity index (χ2v) is 7.28. The fourth-order valence-electron chi connectivity index (χ4n) is 3.51. The van der Waals surface area contributed by atoms with Crippen LogP contribution in [0.5, 0.6) is 0 Å². The van der Waals surface area contributed by atoms with Gasteiger partial charge in [0.2, 0.25) is 5.71 Å². The van der Waals surface area contributed by atoms with Gasteiger partial charge in [-0.3, -0.25) is 4.79 Å². The zero-order chi connectivity index (χ0) is 19.0.